The topological polar surface area (TPSA) is 111 Å². The molecule has 0 bridgehead atoms. The number of nitrogens with two attached hydrogens (primary N) is 1. The van der Waals surface area contributed by atoms with E-state index in [0.717, 1.165) is 11.1 Å². The summed E-state index contributed by atoms with van der Waals surface area (Å²) in [5, 5.41) is 8.78. The Labute approximate surface area is 140 Å². The molecule has 4 aromatic heterocycles. The van der Waals surface area contributed by atoms with Gasteiger partial charge in [0, 0.05) is 11.8 Å². The summed E-state index contributed by atoms with van der Waals surface area (Å²) in [5.41, 5.74) is 8.12. The fourth-order valence-electron chi connectivity index (χ4n) is 2.26. The van der Waals surface area contributed by atoms with E-state index < -0.39 is 0 Å². The van der Waals surface area contributed by atoms with Crippen LogP contribution in [-0.2, 0) is 6.54 Å². The molecule has 4 heterocycles. The quantitative estimate of drug-likeness (QED) is 0.587. The molecule has 0 aliphatic rings. The van der Waals surface area contributed by atoms with E-state index in [4.69, 9.17) is 10.2 Å². The van der Waals surface area contributed by atoms with Crippen molar-refractivity contribution in [3.05, 3.63) is 53.0 Å². The lowest BCUT2D eigenvalue weighted by Crippen LogP contribution is -2.21. The molecule has 0 fully saturated rings. The molecule has 0 atom stereocenters. The highest BCUT2D eigenvalue weighted by Crippen LogP contribution is 2.26. The molecule has 1 amide bonds. The molecule has 0 aromatic carbocycles. The van der Waals surface area contributed by atoms with E-state index in [1.807, 2.05) is 29.8 Å². The Morgan fingerprint density at radius 2 is 2.29 bits per heavy atom. The van der Waals surface area contributed by atoms with E-state index in [2.05, 4.69) is 20.4 Å². The first-order valence-electron chi connectivity index (χ1n) is 7.06. The van der Waals surface area contributed by atoms with Crippen LogP contribution in [0.15, 0.2) is 46.7 Å². The Morgan fingerprint density at radius 3 is 3.12 bits per heavy atom. The first-order valence-corrected chi connectivity index (χ1v) is 7.94. The van der Waals surface area contributed by atoms with Gasteiger partial charge in [-0.05, 0) is 29.1 Å². The van der Waals surface area contributed by atoms with Gasteiger partial charge in [0.1, 0.15) is 6.26 Å². The number of nitrogen functional groups attached to an aromatic ring is 1. The third-order valence-electron chi connectivity index (χ3n) is 3.39. The van der Waals surface area contributed by atoms with Gasteiger partial charge in [-0.3, -0.25) is 4.79 Å². The van der Waals surface area contributed by atoms with Gasteiger partial charge in [-0.25, -0.2) is 9.50 Å². The second-order valence-corrected chi connectivity index (χ2v) is 5.91. The first kappa shape index (κ1) is 14.4. The van der Waals surface area contributed by atoms with Gasteiger partial charge in [0.15, 0.2) is 5.65 Å². The number of carbonyl (C=O) groups is 1. The van der Waals surface area contributed by atoms with Crippen LogP contribution in [0.25, 0.3) is 16.8 Å². The molecule has 0 radical (unpaired) electrons. The van der Waals surface area contributed by atoms with Crippen molar-refractivity contribution in [1.82, 2.24) is 24.9 Å². The molecule has 8 nitrogen and oxygen atoms in total. The Balaban J connectivity index is 1.53. The molecule has 0 aliphatic carbocycles. The predicted molar refractivity (Wildman–Crippen MR) is 88.4 cm³/mol. The maximum absolute atomic E-state index is 12.2. The minimum Gasteiger partial charge on any atom is -0.447 e. The van der Waals surface area contributed by atoms with Crippen LogP contribution < -0.4 is 11.1 Å². The fraction of sp³-hybridized carbons (Fsp3) is 0.0667. The number of rotatable bonds is 4. The van der Waals surface area contributed by atoms with Gasteiger partial charge in [0.25, 0.3) is 5.91 Å². The van der Waals surface area contributed by atoms with E-state index in [1.165, 1.54) is 23.8 Å². The molecule has 0 saturated heterocycles. The molecule has 120 valence electrons. The van der Waals surface area contributed by atoms with E-state index in [9.17, 15) is 4.79 Å². The molecular weight excluding hydrogens is 328 g/mol. The normalized spacial score (nSPS) is 11.0. The molecule has 4 rings (SSSR count). The minimum absolute atomic E-state index is 0.171. The number of pyridine rings is 1. The second-order valence-electron chi connectivity index (χ2n) is 5.00. The van der Waals surface area contributed by atoms with Crippen LogP contribution in [0.5, 0.6) is 0 Å². The number of anilines is 1. The zero-order chi connectivity index (χ0) is 16.5. The SMILES string of the molecule is Nc1nc2ccc(-c3csc(C(=O)NCc4ncco4)c3)cn2n1. The van der Waals surface area contributed by atoms with Crippen LogP contribution in [0.3, 0.4) is 0 Å². The summed E-state index contributed by atoms with van der Waals surface area (Å²) in [6, 6.07) is 5.58. The summed E-state index contributed by atoms with van der Waals surface area (Å²) in [6.45, 7) is 0.253. The molecule has 9 heteroatoms. The Bertz CT molecular complexity index is 1000. The largest absolute Gasteiger partial charge is 0.447 e. The predicted octanol–water partition coefficient (Wildman–Crippen LogP) is 1.96. The molecular formula is C15H12N6O2S. The van der Waals surface area contributed by atoms with Crippen molar-refractivity contribution in [2.45, 2.75) is 6.54 Å². The number of hydrogen-bond donors (Lipinski definition) is 2. The molecule has 0 spiro atoms. The maximum Gasteiger partial charge on any atom is 0.261 e. The maximum atomic E-state index is 12.2. The zero-order valence-corrected chi connectivity index (χ0v) is 13.2. The van der Waals surface area contributed by atoms with Gasteiger partial charge < -0.3 is 15.5 Å². The number of amides is 1. The number of carbonyl (C=O) groups excluding carboxylic acids is 1. The van der Waals surface area contributed by atoms with Crippen LogP contribution in [0, 0.1) is 0 Å². The van der Waals surface area contributed by atoms with Gasteiger partial charge in [-0.1, -0.05) is 0 Å². The molecule has 0 saturated carbocycles. The van der Waals surface area contributed by atoms with E-state index in [-0.39, 0.29) is 18.4 Å². The van der Waals surface area contributed by atoms with Crippen molar-refractivity contribution in [3.63, 3.8) is 0 Å². The van der Waals surface area contributed by atoms with Crippen LogP contribution >= 0.6 is 11.3 Å². The van der Waals surface area contributed by atoms with Crippen LogP contribution in [0.1, 0.15) is 15.6 Å². The van der Waals surface area contributed by atoms with Crippen LogP contribution in [0.2, 0.25) is 0 Å². The van der Waals surface area contributed by atoms with Crippen molar-refractivity contribution in [2.75, 3.05) is 5.73 Å². The Morgan fingerprint density at radius 1 is 1.38 bits per heavy atom. The van der Waals surface area contributed by atoms with Gasteiger partial charge in [0.2, 0.25) is 11.8 Å². The number of thiophene rings is 1. The number of fused-ring (bicyclic) bond motifs is 1. The molecule has 24 heavy (non-hydrogen) atoms. The van der Waals surface area contributed by atoms with E-state index in [1.54, 1.807) is 4.52 Å². The summed E-state index contributed by atoms with van der Waals surface area (Å²) in [5.74, 6) is 0.522. The molecule has 4 aromatic rings. The standard InChI is InChI=1S/C15H12N6O2S/c16-15-19-12-2-1-9(7-21(12)20-15)10-5-11(24-8-10)14(22)18-6-13-17-3-4-23-13/h1-5,7-8H,6H2,(H2,16,20)(H,18,22). The van der Waals surface area contributed by atoms with Crippen molar-refractivity contribution in [3.8, 4) is 11.1 Å². The van der Waals surface area contributed by atoms with Gasteiger partial charge in [-0.15, -0.1) is 16.4 Å². The number of nitrogens with zero attached hydrogens (tertiary/aromatic N) is 4. The van der Waals surface area contributed by atoms with Crippen molar-refractivity contribution in [2.24, 2.45) is 0 Å². The highest BCUT2D eigenvalue weighted by atomic mass is 32.1. The molecule has 0 unspecified atom stereocenters. The van der Waals surface area contributed by atoms with Crippen molar-refractivity contribution >= 4 is 28.8 Å². The Hall–Kier alpha value is -3.20. The number of aromatic nitrogens is 4. The highest BCUT2D eigenvalue weighted by molar-refractivity contribution is 7.12. The number of oxazole rings is 1. The zero-order valence-electron chi connectivity index (χ0n) is 12.3. The van der Waals surface area contributed by atoms with Crippen molar-refractivity contribution in [1.29, 1.82) is 0 Å². The first-order chi connectivity index (χ1) is 11.7. The fourth-order valence-corrected chi connectivity index (χ4v) is 3.09. The van der Waals surface area contributed by atoms with Gasteiger partial charge in [-0.2, -0.15) is 4.98 Å². The van der Waals surface area contributed by atoms with Crippen LogP contribution in [-0.4, -0.2) is 25.5 Å². The summed E-state index contributed by atoms with van der Waals surface area (Å²) in [4.78, 5) is 20.8. The highest BCUT2D eigenvalue weighted by Gasteiger charge is 2.12. The minimum atomic E-state index is -0.171. The summed E-state index contributed by atoms with van der Waals surface area (Å²) in [7, 11) is 0. The summed E-state index contributed by atoms with van der Waals surface area (Å²) in [6.07, 6.45) is 4.84. The lowest BCUT2D eigenvalue weighted by Gasteiger charge is -2.00. The van der Waals surface area contributed by atoms with Crippen LogP contribution in [0.4, 0.5) is 5.95 Å². The van der Waals surface area contributed by atoms with Gasteiger partial charge >= 0.3 is 0 Å². The smallest absolute Gasteiger partial charge is 0.261 e. The summed E-state index contributed by atoms with van der Waals surface area (Å²) >= 11 is 1.37. The monoisotopic (exact) mass is 340 g/mol. The summed E-state index contributed by atoms with van der Waals surface area (Å²) < 4.78 is 6.70. The molecule has 3 N–H and O–H groups in total. The number of hydrogen-bond acceptors (Lipinski definition) is 7. The lowest BCUT2D eigenvalue weighted by molar-refractivity contribution is 0.0951. The van der Waals surface area contributed by atoms with E-state index in [0.29, 0.717) is 16.4 Å². The van der Waals surface area contributed by atoms with E-state index >= 15 is 0 Å². The third-order valence-corrected chi connectivity index (χ3v) is 4.32. The average Bonchev–Trinajstić information content (AvgIpc) is 3.31. The van der Waals surface area contributed by atoms with Crippen molar-refractivity contribution < 1.29 is 9.21 Å². The number of nitrogens with one attached hydrogen (secondary N) is 1. The average molecular weight is 340 g/mol. The second kappa shape index (κ2) is 5.78. The van der Waals surface area contributed by atoms with Gasteiger partial charge in [0.05, 0.1) is 17.6 Å². The third kappa shape index (κ3) is 2.72. The lowest BCUT2D eigenvalue weighted by atomic mass is 10.1. The Kier molecular flexibility index (Phi) is 3.47. The molecule has 0 aliphatic heterocycles.